The maximum Gasteiger partial charge on any atom is 0.320 e. The van der Waals surface area contributed by atoms with Crippen LogP contribution in [0, 0.1) is 5.92 Å². The molecule has 2 N–H and O–H groups in total. The summed E-state index contributed by atoms with van der Waals surface area (Å²) in [4.78, 5) is 10.8. The molecule has 3 nitrogen and oxygen atoms in total. The Labute approximate surface area is 86.9 Å². The number of aliphatic carboxylic acids is 1. The van der Waals surface area contributed by atoms with E-state index in [1.165, 1.54) is 0 Å². The number of nitrogens with one attached hydrogen (secondary N) is 1. The van der Waals surface area contributed by atoms with Crippen molar-refractivity contribution in [3.8, 4) is 0 Å². The molecule has 84 valence electrons. The van der Waals surface area contributed by atoms with Crippen molar-refractivity contribution in [2.24, 2.45) is 5.92 Å². The number of carboxylic acids is 1. The van der Waals surface area contributed by atoms with E-state index >= 15 is 0 Å². The van der Waals surface area contributed by atoms with E-state index in [1.54, 1.807) is 0 Å². The Balaban J connectivity index is 3.68. The Morgan fingerprint density at radius 2 is 2.00 bits per heavy atom. The van der Waals surface area contributed by atoms with Gasteiger partial charge in [0.1, 0.15) is 6.04 Å². The predicted octanol–water partition coefficient (Wildman–Crippen LogP) is 2.27. The minimum atomic E-state index is -0.720. The zero-order chi connectivity index (χ0) is 11.0. The zero-order valence-electron chi connectivity index (χ0n) is 9.55. The summed E-state index contributed by atoms with van der Waals surface area (Å²) >= 11 is 0. The molecule has 14 heavy (non-hydrogen) atoms. The number of carboxylic acid groups (broad SMARTS) is 1. The van der Waals surface area contributed by atoms with E-state index in [-0.39, 0.29) is 6.04 Å². The zero-order valence-corrected chi connectivity index (χ0v) is 9.55. The molecule has 3 heteroatoms. The second-order valence-corrected chi connectivity index (χ2v) is 4.17. The first kappa shape index (κ1) is 13.4. The fourth-order valence-corrected chi connectivity index (χ4v) is 1.27. The van der Waals surface area contributed by atoms with Crippen molar-refractivity contribution >= 4 is 5.97 Å². The summed E-state index contributed by atoms with van der Waals surface area (Å²) in [5.74, 6) is -0.0923. The molecular formula is C11H23NO2. The highest BCUT2D eigenvalue weighted by molar-refractivity contribution is 5.73. The van der Waals surface area contributed by atoms with Crippen LogP contribution in [-0.2, 0) is 4.79 Å². The first-order chi connectivity index (χ1) is 6.57. The van der Waals surface area contributed by atoms with Gasteiger partial charge in [0.25, 0.3) is 0 Å². The third kappa shape index (κ3) is 6.89. The van der Waals surface area contributed by atoms with E-state index in [0.29, 0.717) is 5.92 Å². The number of hydrogen-bond donors (Lipinski definition) is 2. The van der Waals surface area contributed by atoms with Gasteiger partial charge in [0.05, 0.1) is 0 Å². The van der Waals surface area contributed by atoms with Crippen molar-refractivity contribution in [1.82, 2.24) is 5.32 Å². The Kier molecular flexibility index (Phi) is 7.48. The van der Waals surface area contributed by atoms with Gasteiger partial charge in [-0.05, 0) is 25.3 Å². The summed E-state index contributed by atoms with van der Waals surface area (Å²) in [6, 6.07) is -0.353. The summed E-state index contributed by atoms with van der Waals surface area (Å²) < 4.78 is 0. The van der Waals surface area contributed by atoms with Crippen LogP contribution < -0.4 is 5.32 Å². The van der Waals surface area contributed by atoms with E-state index in [1.807, 2.05) is 0 Å². The van der Waals surface area contributed by atoms with Gasteiger partial charge in [-0.25, -0.2) is 0 Å². The van der Waals surface area contributed by atoms with Crippen LogP contribution in [0.15, 0.2) is 0 Å². The molecule has 0 rings (SSSR count). The van der Waals surface area contributed by atoms with E-state index < -0.39 is 5.97 Å². The topological polar surface area (TPSA) is 49.3 Å². The highest BCUT2D eigenvalue weighted by Crippen LogP contribution is 2.02. The molecule has 0 amide bonds. The molecule has 0 aromatic rings. The lowest BCUT2D eigenvalue weighted by molar-refractivity contribution is -0.139. The first-order valence-electron chi connectivity index (χ1n) is 5.54. The van der Waals surface area contributed by atoms with Gasteiger partial charge in [0.2, 0.25) is 0 Å². The fraction of sp³-hybridized carbons (Fsp3) is 0.909. The van der Waals surface area contributed by atoms with Crippen LogP contribution >= 0.6 is 0 Å². The quantitative estimate of drug-likeness (QED) is 0.633. The second-order valence-electron chi connectivity index (χ2n) is 4.17. The lowest BCUT2D eigenvalue weighted by atomic mass is 10.1. The molecule has 0 unspecified atom stereocenters. The molecule has 0 fully saturated rings. The Bertz CT molecular complexity index is 157. The molecule has 0 aromatic carbocycles. The van der Waals surface area contributed by atoms with Crippen molar-refractivity contribution in [1.29, 1.82) is 0 Å². The second kappa shape index (κ2) is 7.80. The van der Waals surface area contributed by atoms with Gasteiger partial charge in [0.15, 0.2) is 0 Å². The van der Waals surface area contributed by atoms with Crippen molar-refractivity contribution in [3.63, 3.8) is 0 Å². The summed E-state index contributed by atoms with van der Waals surface area (Å²) in [5.41, 5.74) is 0. The number of carbonyl (C=O) groups is 1. The average molecular weight is 201 g/mol. The molecular weight excluding hydrogens is 178 g/mol. The molecule has 0 spiro atoms. The number of unbranched alkanes of at least 4 members (excludes halogenated alkanes) is 1. The maximum atomic E-state index is 10.8. The minimum absolute atomic E-state index is 0.353. The van der Waals surface area contributed by atoms with Gasteiger partial charge < -0.3 is 10.4 Å². The van der Waals surface area contributed by atoms with Gasteiger partial charge in [-0.15, -0.1) is 0 Å². The molecule has 0 saturated heterocycles. The van der Waals surface area contributed by atoms with Crippen LogP contribution in [0.25, 0.3) is 0 Å². The first-order valence-corrected chi connectivity index (χ1v) is 5.54. The molecule has 0 heterocycles. The lowest BCUT2D eigenvalue weighted by Crippen LogP contribution is -2.37. The summed E-state index contributed by atoms with van der Waals surface area (Å²) in [6.45, 7) is 7.17. The molecule has 0 aliphatic heterocycles. The van der Waals surface area contributed by atoms with Gasteiger partial charge >= 0.3 is 5.97 Å². The van der Waals surface area contributed by atoms with E-state index in [9.17, 15) is 4.79 Å². The Morgan fingerprint density at radius 3 is 2.43 bits per heavy atom. The maximum absolute atomic E-state index is 10.8. The average Bonchev–Trinajstić information content (AvgIpc) is 2.09. The van der Waals surface area contributed by atoms with Crippen LogP contribution in [0.3, 0.4) is 0 Å². The van der Waals surface area contributed by atoms with Crippen molar-refractivity contribution in [3.05, 3.63) is 0 Å². The molecule has 0 aliphatic carbocycles. The third-order valence-corrected chi connectivity index (χ3v) is 2.26. The molecule has 0 bridgehead atoms. The van der Waals surface area contributed by atoms with Gasteiger partial charge in [-0.2, -0.15) is 0 Å². The van der Waals surface area contributed by atoms with Crippen molar-refractivity contribution in [2.75, 3.05) is 6.54 Å². The van der Waals surface area contributed by atoms with Gasteiger partial charge in [0, 0.05) is 0 Å². The Morgan fingerprint density at radius 1 is 1.36 bits per heavy atom. The standard InChI is InChI=1S/C11H23NO2/c1-4-5-6-10(11(13)14)12-8-7-9(2)3/h9-10,12H,4-8H2,1-3H3,(H,13,14)/t10-/m0/s1. The lowest BCUT2D eigenvalue weighted by Gasteiger charge is -2.14. The smallest absolute Gasteiger partial charge is 0.320 e. The molecule has 0 radical (unpaired) electrons. The molecule has 1 atom stereocenters. The van der Waals surface area contributed by atoms with Crippen LogP contribution in [0.5, 0.6) is 0 Å². The van der Waals surface area contributed by atoms with Gasteiger partial charge in [-0.1, -0.05) is 33.6 Å². The molecule has 0 aromatic heterocycles. The summed E-state index contributed by atoms with van der Waals surface area (Å²) in [7, 11) is 0. The van der Waals surface area contributed by atoms with E-state index in [4.69, 9.17) is 5.11 Å². The van der Waals surface area contributed by atoms with Crippen molar-refractivity contribution in [2.45, 2.75) is 52.5 Å². The van der Waals surface area contributed by atoms with Crippen molar-refractivity contribution < 1.29 is 9.90 Å². The van der Waals surface area contributed by atoms with E-state index in [2.05, 4.69) is 26.1 Å². The Hall–Kier alpha value is -0.570. The fourth-order valence-electron chi connectivity index (χ4n) is 1.27. The molecule has 0 saturated carbocycles. The summed E-state index contributed by atoms with van der Waals surface area (Å²) in [5, 5.41) is 12.0. The van der Waals surface area contributed by atoms with Crippen LogP contribution in [0.1, 0.15) is 46.5 Å². The minimum Gasteiger partial charge on any atom is -0.480 e. The highest BCUT2D eigenvalue weighted by Gasteiger charge is 2.15. The molecule has 0 aliphatic rings. The normalized spacial score (nSPS) is 13.1. The SMILES string of the molecule is CCCC[C@H](NCCC(C)C)C(=O)O. The van der Waals surface area contributed by atoms with Crippen LogP contribution in [-0.4, -0.2) is 23.7 Å². The predicted molar refractivity (Wildman–Crippen MR) is 58.4 cm³/mol. The monoisotopic (exact) mass is 201 g/mol. The van der Waals surface area contributed by atoms with E-state index in [0.717, 1.165) is 32.2 Å². The third-order valence-electron chi connectivity index (χ3n) is 2.26. The number of rotatable bonds is 8. The van der Waals surface area contributed by atoms with Gasteiger partial charge in [-0.3, -0.25) is 4.79 Å². The largest absolute Gasteiger partial charge is 0.480 e. The van der Waals surface area contributed by atoms with Crippen LogP contribution in [0.2, 0.25) is 0 Å². The van der Waals surface area contributed by atoms with Crippen LogP contribution in [0.4, 0.5) is 0 Å². The summed E-state index contributed by atoms with van der Waals surface area (Å²) in [6.07, 6.45) is 3.81. The number of hydrogen-bond acceptors (Lipinski definition) is 2. The highest BCUT2D eigenvalue weighted by atomic mass is 16.4.